The maximum absolute atomic E-state index is 12.8. The minimum Gasteiger partial charge on any atom is -0.338 e. The average Bonchev–Trinajstić information content (AvgIpc) is 2.85. The first kappa shape index (κ1) is 14.8. The van der Waals surface area contributed by atoms with Crippen molar-refractivity contribution in [2.45, 2.75) is 12.6 Å². The molecule has 8 heteroatoms. The van der Waals surface area contributed by atoms with Gasteiger partial charge in [0, 0.05) is 18.0 Å². The Kier molecular flexibility index (Phi) is 4.06. The Hall–Kier alpha value is -2.64. The van der Waals surface area contributed by atoms with Gasteiger partial charge < -0.3 is 4.52 Å². The molecule has 0 saturated carbocycles. The zero-order valence-corrected chi connectivity index (χ0v) is 10.6. The van der Waals surface area contributed by atoms with E-state index in [4.69, 9.17) is 4.52 Å². The lowest BCUT2D eigenvalue weighted by atomic mass is 10.1. The second kappa shape index (κ2) is 5.78. The number of hydrogen-bond donors (Lipinski definition) is 1. The Morgan fingerprint density at radius 3 is 2.86 bits per heavy atom. The van der Waals surface area contributed by atoms with Gasteiger partial charge in [0.05, 0.1) is 17.3 Å². The molecule has 2 heterocycles. The van der Waals surface area contributed by atoms with Crippen molar-refractivity contribution in [3.63, 3.8) is 0 Å². The summed E-state index contributed by atoms with van der Waals surface area (Å²) in [6.45, 7) is 3.52. The third kappa shape index (κ3) is 3.28. The summed E-state index contributed by atoms with van der Waals surface area (Å²) in [4.78, 5) is 15.5. The maximum Gasteiger partial charge on any atom is 0.417 e. The summed E-state index contributed by atoms with van der Waals surface area (Å²) in [7, 11) is 0. The number of nitrogens with one attached hydrogen (secondary N) is 1. The molecule has 0 saturated heterocycles. The van der Waals surface area contributed by atoms with Crippen LogP contribution in [0.4, 0.5) is 19.1 Å². The van der Waals surface area contributed by atoms with E-state index in [0.29, 0.717) is 12.0 Å². The highest BCUT2D eigenvalue weighted by Crippen LogP contribution is 2.31. The Morgan fingerprint density at radius 2 is 2.19 bits per heavy atom. The van der Waals surface area contributed by atoms with E-state index in [-0.39, 0.29) is 5.88 Å². The number of amides is 1. The van der Waals surface area contributed by atoms with Crippen LogP contribution in [-0.2, 0) is 12.6 Å². The normalized spacial score (nSPS) is 11.2. The molecular formula is C13H10F3N3O2. The van der Waals surface area contributed by atoms with Gasteiger partial charge in [0.15, 0.2) is 0 Å². The molecule has 0 fully saturated rings. The van der Waals surface area contributed by atoms with Gasteiger partial charge >= 0.3 is 6.18 Å². The van der Waals surface area contributed by atoms with Crippen LogP contribution in [0.2, 0.25) is 0 Å². The number of halogens is 3. The van der Waals surface area contributed by atoms with Crippen LogP contribution >= 0.6 is 0 Å². The lowest BCUT2D eigenvalue weighted by molar-refractivity contribution is -0.138. The maximum atomic E-state index is 12.8. The smallest absolute Gasteiger partial charge is 0.338 e. The molecule has 1 amide bonds. The van der Waals surface area contributed by atoms with Crippen LogP contribution in [0.15, 0.2) is 41.8 Å². The van der Waals surface area contributed by atoms with E-state index in [2.05, 4.69) is 22.0 Å². The fraction of sp³-hybridized carbons (Fsp3) is 0.154. The SMILES string of the molecule is C=CCc1cnoc1NC(=O)c1cnccc1C(F)(F)F. The summed E-state index contributed by atoms with van der Waals surface area (Å²) in [6.07, 6.45) is 0.427. The van der Waals surface area contributed by atoms with Crippen LogP contribution in [-0.4, -0.2) is 16.0 Å². The monoisotopic (exact) mass is 297 g/mol. The fourth-order valence-electron chi connectivity index (χ4n) is 1.66. The van der Waals surface area contributed by atoms with Crippen LogP contribution in [0.25, 0.3) is 0 Å². The average molecular weight is 297 g/mol. The second-order valence-electron chi connectivity index (χ2n) is 4.05. The molecule has 1 N–H and O–H groups in total. The van der Waals surface area contributed by atoms with Crippen LogP contribution in [0.3, 0.4) is 0 Å². The number of aromatic nitrogens is 2. The second-order valence-corrected chi connectivity index (χ2v) is 4.05. The molecule has 0 atom stereocenters. The van der Waals surface area contributed by atoms with E-state index < -0.39 is 23.2 Å². The highest BCUT2D eigenvalue weighted by molar-refractivity contribution is 6.04. The van der Waals surface area contributed by atoms with Crippen molar-refractivity contribution < 1.29 is 22.5 Å². The summed E-state index contributed by atoms with van der Waals surface area (Å²) in [5.74, 6) is -0.991. The quantitative estimate of drug-likeness (QED) is 0.881. The Morgan fingerprint density at radius 1 is 1.43 bits per heavy atom. The number of nitrogens with zero attached hydrogens (tertiary/aromatic N) is 2. The predicted molar refractivity (Wildman–Crippen MR) is 67.6 cm³/mol. The molecule has 2 aromatic rings. The van der Waals surface area contributed by atoms with Gasteiger partial charge in [-0.1, -0.05) is 11.2 Å². The number of anilines is 1. The van der Waals surface area contributed by atoms with Crippen molar-refractivity contribution >= 4 is 11.8 Å². The minimum absolute atomic E-state index is 0.0168. The lowest BCUT2D eigenvalue weighted by Crippen LogP contribution is -2.19. The molecule has 0 aliphatic rings. The van der Waals surface area contributed by atoms with Gasteiger partial charge in [-0.15, -0.1) is 6.58 Å². The number of pyridine rings is 1. The van der Waals surface area contributed by atoms with Gasteiger partial charge in [0.2, 0.25) is 5.88 Å². The summed E-state index contributed by atoms with van der Waals surface area (Å²) in [5, 5.41) is 5.73. The molecule has 0 bridgehead atoms. The van der Waals surface area contributed by atoms with Crippen molar-refractivity contribution in [3.05, 3.63) is 54.0 Å². The molecule has 110 valence electrons. The van der Waals surface area contributed by atoms with Crippen molar-refractivity contribution in [3.8, 4) is 0 Å². The minimum atomic E-state index is -4.65. The standard InChI is InChI=1S/C13H10F3N3O2/c1-2-3-8-6-18-21-12(8)19-11(20)9-7-17-5-4-10(9)13(14,15)16/h2,4-7H,1,3H2,(H,19,20). The number of carbonyl (C=O) groups excluding carboxylic acids is 1. The van der Waals surface area contributed by atoms with E-state index in [0.717, 1.165) is 18.5 Å². The first-order valence-electron chi connectivity index (χ1n) is 5.80. The summed E-state index contributed by atoms with van der Waals surface area (Å²) < 4.78 is 43.3. The number of allylic oxidation sites excluding steroid dienone is 1. The van der Waals surface area contributed by atoms with Crippen molar-refractivity contribution in [2.24, 2.45) is 0 Å². The van der Waals surface area contributed by atoms with Crippen molar-refractivity contribution in [2.75, 3.05) is 5.32 Å². The number of hydrogen-bond acceptors (Lipinski definition) is 4. The molecule has 21 heavy (non-hydrogen) atoms. The van der Waals surface area contributed by atoms with Crippen LogP contribution in [0.5, 0.6) is 0 Å². The number of carbonyl (C=O) groups is 1. The zero-order valence-electron chi connectivity index (χ0n) is 10.6. The van der Waals surface area contributed by atoms with E-state index in [9.17, 15) is 18.0 Å². The molecular weight excluding hydrogens is 287 g/mol. The molecule has 0 aliphatic heterocycles. The van der Waals surface area contributed by atoms with Gasteiger partial charge in [-0.25, -0.2) is 0 Å². The summed E-state index contributed by atoms with van der Waals surface area (Å²) in [5.41, 5.74) is -1.15. The molecule has 0 unspecified atom stereocenters. The topological polar surface area (TPSA) is 68.0 Å². The molecule has 2 aromatic heterocycles. The van der Waals surface area contributed by atoms with Crippen LogP contribution in [0, 0.1) is 0 Å². The summed E-state index contributed by atoms with van der Waals surface area (Å²) in [6, 6.07) is 0.736. The van der Waals surface area contributed by atoms with Crippen LogP contribution in [0.1, 0.15) is 21.5 Å². The first-order valence-corrected chi connectivity index (χ1v) is 5.80. The Labute approximate surface area is 117 Å². The van der Waals surface area contributed by atoms with Gasteiger partial charge in [-0.05, 0) is 12.5 Å². The molecule has 0 aromatic carbocycles. The number of alkyl halides is 3. The molecule has 0 spiro atoms. The predicted octanol–water partition coefficient (Wildman–Crippen LogP) is 3.07. The van der Waals surface area contributed by atoms with Crippen molar-refractivity contribution in [1.82, 2.24) is 10.1 Å². The molecule has 0 aliphatic carbocycles. The van der Waals surface area contributed by atoms with E-state index in [1.807, 2.05) is 0 Å². The fourth-order valence-corrected chi connectivity index (χ4v) is 1.66. The first-order chi connectivity index (χ1) is 9.93. The highest BCUT2D eigenvalue weighted by Gasteiger charge is 2.35. The van der Waals surface area contributed by atoms with Gasteiger partial charge in [-0.2, -0.15) is 13.2 Å². The lowest BCUT2D eigenvalue weighted by Gasteiger charge is -2.11. The third-order valence-corrected chi connectivity index (χ3v) is 2.61. The largest absolute Gasteiger partial charge is 0.417 e. The van der Waals surface area contributed by atoms with Gasteiger partial charge in [0.25, 0.3) is 5.91 Å². The van der Waals surface area contributed by atoms with E-state index >= 15 is 0 Å². The Bertz CT molecular complexity index is 665. The van der Waals surface area contributed by atoms with Gasteiger partial charge in [-0.3, -0.25) is 15.1 Å². The van der Waals surface area contributed by atoms with Gasteiger partial charge in [0.1, 0.15) is 0 Å². The van der Waals surface area contributed by atoms with E-state index in [1.165, 1.54) is 6.20 Å². The van der Waals surface area contributed by atoms with Crippen LogP contribution < -0.4 is 5.32 Å². The Balaban J connectivity index is 2.29. The molecule has 0 radical (unpaired) electrons. The number of rotatable bonds is 4. The van der Waals surface area contributed by atoms with Crippen molar-refractivity contribution in [1.29, 1.82) is 0 Å². The third-order valence-electron chi connectivity index (χ3n) is 2.61. The highest BCUT2D eigenvalue weighted by atomic mass is 19.4. The molecule has 2 rings (SSSR count). The molecule has 5 nitrogen and oxygen atoms in total. The zero-order chi connectivity index (χ0) is 15.5. The summed E-state index contributed by atoms with van der Waals surface area (Å²) >= 11 is 0. The van der Waals surface area contributed by atoms with E-state index in [1.54, 1.807) is 6.08 Å².